The van der Waals surface area contributed by atoms with Crippen molar-refractivity contribution in [3.63, 3.8) is 0 Å². The van der Waals surface area contributed by atoms with Crippen molar-refractivity contribution >= 4 is 23.4 Å². The smallest absolute Gasteiger partial charge is 0.252 e. The van der Waals surface area contributed by atoms with Gasteiger partial charge in [-0.2, -0.15) is 0 Å². The highest BCUT2D eigenvalue weighted by Crippen LogP contribution is 2.37. The molecule has 40 heavy (non-hydrogen) atoms. The van der Waals surface area contributed by atoms with Gasteiger partial charge in [0.15, 0.2) is 0 Å². The zero-order chi connectivity index (χ0) is 28.6. The molecule has 1 fully saturated rings. The number of carbonyl (C=O) groups excluding carboxylic acids is 3. The van der Waals surface area contributed by atoms with Crippen LogP contribution in [0.15, 0.2) is 60.8 Å². The summed E-state index contributed by atoms with van der Waals surface area (Å²) in [4.78, 5) is 48.4. The second kappa shape index (κ2) is 11.1. The fraction of sp³-hybridized carbons (Fsp3) is 0.375. The van der Waals surface area contributed by atoms with Crippen LogP contribution in [0.4, 0.5) is 5.69 Å². The van der Waals surface area contributed by atoms with Gasteiger partial charge in [-0.1, -0.05) is 56.7 Å². The Morgan fingerprint density at radius 1 is 1.10 bits per heavy atom. The summed E-state index contributed by atoms with van der Waals surface area (Å²) in [6.45, 7) is 7.63. The Kier molecular flexibility index (Phi) is 7.61. The number of aryl methyl sites for hydroxylation is 2. The molecule has 3 amide bonds. The molecule has 1 aliphatic carbocycles. The van der Waals surface area contributed by atoms with E-state index >= 15 is 0 Å². The first kappa shape index (κ1) is 27.4. The van der Waals surface area contributed by atoms with Crippen LogP contribution >= 0.6 is 0 Å². The number of fused-ring (bicyclic) bond motifs is 1. The molecule has 1 aromatic heterocycles. The number of piperazine rings is 1. The lowest BCUT2D eigenvalue weighted by Gasteiger charge is -2.46. The number of aromatic nitrogens is 1. The van der Waals surface area contributed by atoms with E-state index in [2.05, 4.69) is 27.8 Å². The Bertz CT molecular complexity index is 1430. The first-order valence-corrected chi connectivity index (χ1v) is 13.9. The number of pyridine rings is 1. The maximum absolute atomic E-state index is 14.5. The van der Waals surface area contributed by atoms with Crippen molar-refractivity contribution in [3.05, 3.63) is 88.7 Å². The Morgan fingerprint density at radius 3 is 2.38 bits per heavy atom. The second-order valence-electron chi connectivity index (χ2n) is 11.1. The minimum absolute atomic E-state index is 0.0869. The summed E-state index contributed by atoms with van der Waals surface area (Å²) in [5.41, 5.74) is 4.70. The van der Waals surface area contributed by atoms with Gasteiger partial charge < -0.3 is 20.6 Å². The summed E-state index contributed by atoms with van der Waals surface area (Å²) in [5, 5.41) is 16.3. The van der Waals surface area contributed by atoms with Crippen molar-refractivity contribution in [1.82, 2.24) is 15.2 Å². The van der Waals surface area contributed by atoms with Gasteiger partial charge in [0.25, 0.3) is 5.91 Å². The monoisotopic (exact) mass is 540 g/mol. The third-order valence-electron chi connectivity index (χ3n) is 8.39. The molecule has 0 bridgehead atoms. The molecule has 8 heteroatoms. The molecule has 3 aromatic rings. The van der Waals surface area contributed by atoms with E-state index in [1.54, 1.807) is 24.4 Å². The van der Waals surface area contributed by atoms with E-state index in [-0.39, 0.29) is 35.1 Å². The van der Waals surface area contributed by atoms with Gasteiger partial charge in [-0.3, -0.25) is 19.4 Å². The average molecular weight is 541 g/mol. The van der Waals surface area contributed by atoms with Crippen LogP contribution < -0.4 is 10.6 Å². The Balaban J connectivity index is 1.60. The molecule has 2 heterocycles. The molecule has 3 N–H and O–H groups in total. The predicted molar refractivity (Wildman–Crippen MR) is 153 cm³/mol. The van der Waals surface area contributed by atoms with E-state index in [1.807, 2.05) is 45.9 Å². The third-order valence-corrected chi connectivity index (χ3v) is 8.39. The number of nitrogens with zero attached hydrogens (tertiary/aromatic N) is 2. The van der Waals surface area contributed by atoms with Gasteiger partial charge in [0.05, 0.1) is 5.69 Å². The zero-order valence-electron chi connectivity index (χ0n) is 23.3. The van der Waals surface area contributed by atoms with Crippen molar-refractivity contribution in [3.8, 4) is 5.75 Å². The van der Waals surface area contributed by atoms with E-state index in [1.165, 1.54) is 22.1 Å². The Labute approximate surface area is 234 Å². The van der Waals surface area contributed by atoms with Crippen LogP contribution in [0, 0.1) is 25.7 Å². The number of para-hydroxylation sites is 2. The number of hydrogen-bond donors (Lipinski definition) is 3. The predicted octanol–water partition coefficient (Wildman–Crippen LogP) is 4.24. The van der Waals surface area contributed by atoms with E-state index in [4.69, 9.17) is 0 Å². The van der Waals surface area contributed by atoms with E-state index in [0.29, 0.717) is 24.8 Å². The largest absolute Gasteiger partial charge is 0.506 e. The Morgan fingerprint density at radius 2 is 1.75 bits per heavy atom. The van der Waals surface area contributed by atoms with Crippen molar-refractivity contribution in [2.75, 3.05) is 5.32 Å². The SMILES string of the molecule is CCC(C)C1C(=O)NC(C2Cc3ccccc3C2)C(=O)N1C(C(=O)Nc1ccccc1O)c1cnc(C)cc1C. The van der Waals surface area contributed by atoms with Crippen LogP contribution in [0.5, 0.6) is 5.75 Å². The van der Waals surface area contributed by atoms with Crippen LogP contribution in [0.2, 0.25) is 0 Å². The number of benzene rings is 2. The molecule has 2 aromatic carbocycles. The number of amides is 3. The normalized spacial score (nSPS) is 20.6. The summed E-state index contributed by atoms with van der Waals surface area (Å²) < 4.78 is 0. The van der Waals surface area contributed by atoms with Crippen molar-refractivity contribution in [2.45, 2.75) is 65.1 Å². The summed E-state index contributed by atoms with van der Waals surface area (Å²) in [5.74, 6) is -1.46. The van der Waals surface area contributed by atoms with Gasteiger partial charge >= 0.3 is 0 Å². The van der Waals surface area contributed by atoms with Crippen LogP contribution in [-0.2, 0) is 27.2 Å². The number of phenols is 1. The van der Waals surface area contributed by atoms with Crippen LogP contribution in [-0.4, -0.2) is 44.8 Å². The van der Waals surface area contributed by atoms with Crippen LogP contribution in [0.1, 0.15) is 54.3 Å². The maximum Gasteiger partial charge on any atom is 0.252 e. The quantitative estimate of drug-likeness (QED) is 0.388. The van der Waals surface area contributed by atoms with E-state index < -0.39 is 24.0 Å². The molecular weight excluding hydrogens is 504 g/mol. The van der Waals surface area contributed by atoms with E-state index in [0.717, 1.165) is 11.3 Å². The first-order chi connectivity index (χ1) is 19.2. The Hall–Kier alpha value is -4.20. The summed E-state index contributed by atoms with van der Waals surface area (Å²) in [6.07, 6.45) is 3.61. The number of aromatic hydroxyl groups is 1. The molecule has 8 nitrogen and oxygen atoms in total. The average Bonchev–Trinajstić information content (AvgIpc) is 3.36. The number of nitrogens with one attached hydrogen (secondary N) is 2. The van der Waals surface area contributed by atoms with Gasteiger partial charge in [0.2, 0.25) is 11.8 Å². The highest BCUT2D eigenvalue weighted by atomic mass is 16.3. The number of phenolic OH excluding ortho intramolecular Hbond substituents is 1. The van der Waals surface area contributed by atoms with Crippen LogP contribution in [0.25, 0.3) is 0 Å². The molecular formula is C32H36N4O4. The molecule has 5 rings (SSSR count). The van der Waals surface area contributed by atoms with Gasteiger partial charge in [-0.15, -0.1) is 0 Å². The molecule has 0 spiro atoms. The van der Waals surface area contributed by atoms with Crippen molar-refractivity contribution in [2.24, 2.45) is 11.8 Å². The molecule has 1 aliphatic heterocycles. The fourth-order valence-corrected chi connectivity index (χ4v) is 6.11. The fourth-order valence-electron chi connectivity index (χ4n) is 6.11. The number of carbonyl (C=O) groups is 3. The molecule has 4 atom stereocenters. The highest BCUT2D eigenvalue weighted by Gasteiger charge is 2.51. The zero-order valence-corrected chi connectivity index (χ0v) is 23.3. The van der Waals surface area contributed by atoms with Crippen molar-refractivity contribution < 1.29 is 19.5 Å². The van der Waals surface area contributed by atoms with Crippen LogP contribution in [0.3, 0.4) is 0 Å². The molecule has 4 unspecified atom stereocenters. The lowest BCUT2D eigenvalue weighted by atomic mass is 9.85. The van der Waals surface area contributed by atoms with Crippen molar-refractivity contribution in [1.29, 1.82) is 0 Å². The van der Waals surface area contributed by atoms with Gasteiger partial charge in [-0.25, -0.2) is 0 Å². The van der Waals surface area contributed by atoms with Gasteiger partial charge in [0.1, 0.15) is 23.9 Å². The summed E-state index contributed by atoms with van der Waals surface area (Å²) >= 11 is 0. The highest BCUT2D eigenvalue weighted by molar-refractivity contribution is 6.03. The minimum atomic E-state index is -1.13. The van der Waals surface area contributed by atoms with Gasteiger partial charge in [-0.05, 0) is 73.4 Å². The van der Waals surface area contributed by atoms with Gasteiger partial charge in [0, 0.05) is 17.5 Å². The third kappa shape index (κ3) is 5.06. The molecule has 0 saturated carbocycles. The maximum atomic E-state index is 14.5. The molecule has 0 radical (unpaired) electrons. The lowest BCUT2D eigenvalue weighted by Crippen LogP contribution is -2.68. The molecule has 208 valence electrons. The summed E-state index contributed by atoms with van der Waals surface area (Å²) in [6, 6.07) is 13.7. The lowest BCUT2D eigenvalue weighted by molar-refractivity contribution is -0.158. The first-order valence-electron chi connectivity index (χ1n) is 13.9. The topological polar surface area (TPSA) is 112 Å². The second-order valence-corrected chi connectivity index (χ2v) is 11.1. The number of anilines is 1. The number of rotatable bonds is 7. The molecule has 2 aliphatic rings. The number of hydrogen-bond acceptors (Lipinski definition) is 5. The minimum Gasteiger partial charge on any atom is -0.506 e. The standard InChI is InChI=1S/C32H36N4O4/c1-5-18(2)28-30(38)35-27(23-15-21-10-6-7-11-22(21)16-23)32(40)36(28)29(24-17-33-20(4)14-19(24)3)31(39)34-25-12-8-9-13-26(25)37/h6-14,17-18,23,27-29,37H,5,15-16H2,1-4H3,(H,34,39)(H,35,38). The molecule has 1 saturated heterocycles. The van der Waals surface area contributed by atoms with E-state index in [9.17, 15) is 19.5 Å². The summed E-state index contributed by atoms with van der Waals surface area (Å²) in [7, 11) is 0.